The van der Waals surface area contributed by atoms with Gasteiger partial charge in [0, 0.05) is 0 Å². The van der Waals surface area contributed by atoms with Crippen LogP contribution in [-0.4, -0.2) is 56.5 Å². The summed E-state index contributed by atoms with van der Waals surface area (Å²) in [6.07, 6.45) is 0. The molecule has 0 bridgehead atoms. The van der Waals surface area contributed by atoms with Crippen LogP contribution in [0.15, 0.2) is 24.3 Å². The molecule has 13 heavy (non-hydrogen) atoms. The maximum Gasteiger partial charge on any atom is 0.762 e. The van der Waals surface area contributed by atoms with Gasteiger partial charge in [0.1, 0.15) is 0 Å². The summed E-state index contributed by atoms with van der Waals surface area (Å²) in [5.41, 5.74) is 1.30. The topological polar surface area (TPSA) is 0 Å². The standard InChI is InChI=1S/C7H6Cl.BF3.K/c1-6-4-2-3-5-7(6)8;2-1(3)4;/h2-5H,1H2;;. The molecule has 1 aromatic rings. The molecule has 1 rings (SSSR count). The van der Waals surface area contributed by atoms with E-state index in [1.54, 1.807) is 0 Å². The van der Waals surface area contributed by atoms with E-state index < -0.39 is 7.54 Å². The van der Waals surface area contributed by atoms with Gasteiger partial charge in [0.05, 0.1) is 0 Å². The first-order chi connectivity index (χ1) is 6.07. The number of benzene rings is 1. The summed E-state index contributed by atoms with van der Waals surface area (Å²) < 4.78 is 30.2. The van der Waals surface area contributed by atoms with E-state index in [0.717, 1.165) is 54.0 Å². The monoisotopic (exact) mass is 232 g/mol. The molecule has 0 saturated carbocycles. The Balaban J connectivity index is 0.000000310. The number of halogens is 4. The Kier molecular flexibility index (Phi) is 8.96. The van der Waals surface area contributed by atoms with Crippen molar-refractivity contribution in [3.05, 3.63) is 34.9 Å². The molecule has 0 aliphatic heterocycles. The van der Waals surface area contributed by atoms with Crippen molar-refractivity contribution in [2.75, 3.05) is 0 Å². The van der Waals surface area contributed by atoms with E-state index in [9.17, 15) is 12.9 Å². The van der Waals surface area contributed by atoms with Crippen LogP contribution >= 0.6 is 11.6 Å². The second-order valence-electron chi connectivity index (χ2n) is 2.19. The summed E-state index contributed by atoms with van der Waals surface area (Å²) in [4.78, 5) is 0. The third-order valence-corrected chi connectivity index (χ3v) is 2.90. The summed E-state index contributed by atoms with van der Waals surface area (Å²) in [7, 11) is -3.67. The van der Waals surface area contributed by atoms with Crippen molar-refractivity contribution in [1.82, 2.24) is 0 Å². The molecule has 0 aromatic heterocycles. The Morgan fingerprint density at radius 1 is 1.23 bits per heavy atom. The van der Waals surface area contributed by atoms with Crippen molar-refractivity contribution in [2.45, 2.75) is 0.515 Å². The van der Waals surface area contributed by atoms with Crippen molar-refractivity contribution in [2.24, 2.45) is 0 Å². The number of hydrogen-bond acceptors (Lipinski definition) is 0. The van der Waals surface area contributed by atoms with Crippen LogP contribution in [0.25, 0.3) is 0 Å². The zero-order valence-corrected chi connectivity index (χ0v) is 11.0. The molecule has 0 nitrogen and oxygen atoms in total. The fourth-order valence-electron chi connectivity index (χ4n) is 0.785. The van der Waals surface area contributed by atoms with Gasteiger partial charge in [-0.2, -0.15) is 0 Å². The molecular weight excluding hydrogens is 226 g/mol. The molecule has 0 aliphatic carbocycles. The van der Waals surface area contributed by atoms with Crippen LogP contribution in [0.1, 0.15) is 5.56 Å². The average molecular weight is 232 g/mol. The second-order valence-corrected chi connectivity index (χ2v) is 3.70. The molecule has 0 radical (unpaired) electrons. The van der Waals surface area contributed by atoms with Crippen molar-refractivity contribution in [1.29, 1.82) is 0 Å². The molecule has 66 valence electrons. The zero-order chi connectivity index (χ0) is 10.3. The van der Waals surface area contributed by atoms with Gasteiger partial charge in [-0.15, -0.1) is 0 Å². The third-order valence-electron chi connectivity index (χ3n) is 1.34. The van der Waals surface area contributed by atoms with Crippen LogP contribution in [0, 0.1) is 0 Å². The molecule has 0 amide bonds. The van der Waals surface area contributed by atoms with Crippen molar-refractivity contribution < 1.29 is 12.9 Å². The Hall–Kier alpha value is 1.00. The first kappa shape index (κ1) is 14.0. The van der Waals surface area contributed by atoms with Gasteiger partial charge in [0.15, 0.2) is 0 Å². The molecule has 0 fully saturated rings. The van der Waals surface area contributed by atoms with Crippen molar-refractivity contribution in [3.63, 3.8) is 0 Å². The predicted molar refractivity (Wildman–Crippen MR) is 50.0 cm³/mol. The first-order valence-corrected chi connectivity index (χ1v) is 6.32. The average Bonchev–Trinajstić information content (AvgIpc) is 2.04. The zero-order valence-electron chi connectivity index (χ0n) is 7.11. The fraction of sp³-hybridized carbons (Fsp3) is 0.143. The van der Waals surface area contributed by atoms with E-state index in [2.05, 4.69) is 6.07 Å². The Bertz CT molecular complexity index is 244. The Morgan fingerprint density at radius 2 is 1.69 bits per heavy atom. The smallest absolute Gasteiger partial charge is 0.254 e. The van der Waals surface area contributed by atoms with Crippen LogP contribution in [0.2, 0.25) is 5.02 Å². The third kappa shape index (κ3) is 8.03. The van der Waals surface area contributed by atoms with E-state index >= 15 is 0 Å². The second kappa shape index (κ2) is 8.32. The molecule has 0 spiro atoms. The van der Waals surface area contributed by atoms with Gasteiger partial charge in [-0.3, -0.25) is 12.9 Å². The fourth-order valence-corrected chi connectivity index (χ4v) is 2.37. The predicted octanol–water partition coefficient (Wildman–Crippen LogP) is 2.89. The Morgan fingerprint density at radius 3 is 2.00 bits per heavy atom. The molecular formula is C7H6BClF3K. The van der Waals surface area contributed by atoms with Gasteiger partial charge in [0.2, 0.25) is 0 Å². The first-order valence-electron chi connectivity index (χ1n) is 3.73. The van der Waals surface area contributed by atoms with Gasteiger partial charge >= 0.3 is 103 Å². The van der Waals surface area contributed by atoms with Gasteiger partial charge in [-0.25, -0.2) is 0 Å². The van der Waals surface area contributed by atoms with Crippen LogP contribution in [0.3, 0.4) is 0 Å². The summed E-state index contributed by atoms with van der Waals surface area (Å²) >= 11 is 6.73. The summed E-state index contributed by atoms with van der Waals surface area (Å²) in [6, 6.07) is 8.04. The van der Waals surface area contributed by atoms with Crippen molar-refractivity contribution in [3.8, 4) is 0 Å². The number of rotatable bonds is 1. The SMILES string of the molecule is Clc1ccccc1[CH2][K].FB(F)F. The van der Waals surface area contributed by atoms with E-state index in [-0.39, 0.29) is 0 Å². The minimum absolute atomic E-state index is 0.873. The maximum absolute atomic E-state index is 9.67. The maximum atomic E-state index is 9.67. The van der Waals surface area contributed by atoms with Crippen molar-refractivity contribution >= 4 is 68.1 Å². The molecule has 1 aromatic carbocycles. The van der Waals surface area contributed by atoms with Crippen LogP contribution in [0.5, 0.6) is 0 Å². The largest absolute Gasteiger partial charge is 0.762 e. The van der Waals surface area contributed by atoms with E-state index in [1.807, 2.05) is 18.2 Å². The van der Waals surface area contributed by atoms with E-state index in [4.69, 9.17) is 11.6 Å². The molecule has 0 unspecified atom stereocenters. The molecule has 0 aliphatic rings. The summed E-state index contributed by atoms with van der Waals surface area (Å²) in [5, 5.41) is 0.922. The number of hydrogen-bond donors (Lipinski definition) is 0. The summed E-state index contributed by atoms with van der Waals surface area (Å²) in [5.74, 6) is 0. The summed E-state index contributed by atoms with van der Waals surface area (Å²) in [6.45, 7) is 0. The quantitative estimate of drug-likeness (QED) is 0.653. The van der Waals surface area contributed by atoms with E-state index in [0.29, 0.717) is 0 Å². The van der Waals surface area contributed by atoms with Crippen LogP contribution in [0.4, 0.5) is 12.9 Å². The minimum Gasteiger partial charge on any atom is -0.254 e. The van der Waals surface area contributed by atoms with Gasteiger partial charge < -0.3 is 0 Å². The molecule has 6 heteroatoms. The van der Waals surface area contributed by atoms with Crippen LogP contribution < -0.4 is 0 Å². The Labute approximate surface area is 115 Å². The van der Waals surface area contributed by atoms with E-state index in [1.165, 1.54) is 6.08 Å². The van der Waals surface area contributed by atoms with Gasteiger partial charge in [0.25, 0.3) is 0 Å². The molecule has 0 N–H and O–H groups in total. The van der Waals surface area contributed by atoms with Gasteiger partial charge in [-0.1, -0.05) is 0 Å². The normalized spacial score (nSPS) is 8.77. The van der Waals surface area contributed by atoms with Gasteiger partial charge in [-0.05, 0) is 0 Å². The molecule has 0 atom stereocenters. The van der Waals surface area contributed by atoms with Crippen LogP contribution in [-0.2, 0) is 0.515 Å². The molecule has 0 saturated heterocycles. The molecule has 0 heterocycles. The minimum atomic E-state index is -3.67.